The van der Waals surface area contributed by atoms with Crippen molar-refractivity contribution < 1.29 is 22.4 Å². The van der Waals surface area contributed by atoms with Crippen molar-refractivity contribution in [3.05, 3.63) is 101 Å². The van der Waals surface area contributed by atoms with Crippen LogP contribution in [0.3, 0.4) is 0 Å². The molecular formula is C25H20F3N3O2S. The van der Waals surface area contributed by atoms with Crippen molar-refractivity contribution in [1.82, 2.24) is 4.57 Å². The molecule has 0 saturated heterocycles. The minimum absolute atomic E-state index is 0.134. The molecule has 2 heterocycles. The van der Waals surface area contributed by atoms with Gasteiger partial charge in [-0.15, -0.1) is 6.58 Å². The summed E-state index contributed by atoms with van der Waals surface area (Å²) in [6.45, 7) is 6.09. The smallest absolute Gasteiger partial charge is 0.416 e. The number of thiazole rings is 1. The first kappa shape index (κ1) is 23.3. The highest BCUT2D eigenvalue weighted by atomic mass is 32.1. The first-order valence-corrected chi connectivity index (χ1v) is 11.1. The van der Waals surface area contributed by atoms with E-state index in [1.807, 2.05) is 31.2 Å². The molecule has 0 unspecified atom stereocenters. The lowest BCUT2D eigenvalue weighted by molar-refractivity contribution is -0.137. The predicted octanol–water partition coefficient (Wildman–Crippen LogP) is 6.81. The molecule has 34 heavy (non-hydrogen) atoms. The number of aryl methyl sites for hydroxylation is 1. The number of hydrogen-bond acceptors (Lipinski definition) is 4. The third-order valence-electron chi connectivity index (χ3n) is 4.92. The van der Waals surface area contributed by atoms with Crippen LogP contribution in [0.25, 0.3) is 11.3 Å². The summed E-state index contributed by atoms with van der Waals surface area (Å²) in [6, 6.07) is 15.6. The van der Waals surface area contributed by atoms with Gasteiger partial charge in [-0.3, -0.25) is 4.79 Å². The fourth-order valence-electron chi connectivity index (χ4n) is 3.31. The molecule has 0 fully saturated rings. The largest absolute Gasteiger partial charge is 0.459 e. The van der Waals surface area contributed by atoms with Gasteiger partial charge in [-0.2, -0.15) is 13.2 Å². The van der Waals surface area contributed by atoms with Gasteiger partial charge in [-0.1, -0.05) is 53.3 Å². The second-order valence-corrected chi connectivity index (χ2v) is 8.40. The van der Waals surface area contributed by atoms with Crippen LogP contribution < -0.4 is 10.1 Å². The summed E-state index contributed by atoms with van der Waals surface area (Å²) >= 11 is 1.15. The molecule has 0 radical (unpaired) electrons. The topological polar surface area (TPSA) is 59.5 Å². The molecular weight excluding hydrogens is 463 g/mol. The average Bonchev–Trinajstić information content (AvgIpc) is 3.44. The highest BCUT2D eigenvalue weighted by molar-refractivity contribution is 7.14. The highest BCUT2D eigenvalue weighted by Crippen LogP contribution is 2.33. The molecule has 174 valence electrons. The maximum absolute atomic E-state index is 13.2. The minimum Gasteiger partial charge on any atom is -0.459 e. The summed E-state index contributed by atoms with van der Waals surface area (Å²) in [5.74, 6) is -0.314. The van der Waals surface area contributed by atoms with E-state index in [0.29, 0.717) is 22.0 Å². The standard InChI is InChI=1S/C25H20F3N3O2S/c1-3-13-31-21(17-11-9-16(2)10-12-17)23(30-22(32)20-8-5-14-33-20)34-24(31)29-19-7-4-6-18(15-19)25(26,27)28/h3-12,14-15H,1,13H2,2H3,(H,30,32). The summed E-state index contributed by atoms with van der Waals surface area (Å²) in [5, 5.41) is 3.34. The second kappa shape index (κ2) is 9.56. The van der Waals surface area contributed by atoms with Crippen molar-refractivity contribution in [2.24, 2.45) is 4.99 Å². The van der Waals surface area contributed by atoms with Crippen molar-refractivity contribution in [2.45, 2.75) is 19.6 Å². The zero-order chi connectivity index (χ0) is 24.3. The fraction of sp³-hybridized carbons (Fsp3) is 0.120. The van der Waals surface area contributed by atoms with Gasteiger partial charge in [-0.25, -0.2) is 4.99 Å². The molecule has 1 amide bonds. The Morgan fingerprint density at radius 3 is 2.59 bits per heavy atom. The number of furan rings is 1. The number of nitrogens with zero attached hydrogens (tertiary/aromatic N) is 2. The normalized spacial score (nSPS) is 12.1. The SMILES string of the molecule is C=CCn1c(-c2ccc(C)cc2)c(NC(=O)c2ccco2)sc1=Nc1cccc(C(F)(F)F)c1. The molecule has 0 bridgehead atoms. The van der Waals surface area contributed by atoms with Crippen LogP contribution >= 0.6 is 11.3 Å². The van der Waals surface area contributed by atoms with E-state index in [2.05, 4.69) is 16.9 Å². The van der Waals surface area contributed by atoms with Gasteiger partial charge in [0.15, 0.2) is 10.6 Å². The van der Waals surface area contributed by atoms with E-state index in [9.17, 15) is 18.0 Å². The van der Waals surface area contributed by atoms with Crippen LogP contribution in [-0.2, 0) is 12.7 Å². The average molecular weight is 484 g/mol. The molecule has 0 aliphatic carbocycles. The number of allylic oxidation sites excluding steroid dienone is 1. The van der Waals surface area contributed by atoms with Crippen molar-refractivity contribution in [2.75, 3.05) is 5.32 Å². The lowest BCUT2D eigenvalue weighted by atomic mass is 10.1. The van der Waals surface area contributed by atoms with E-state index in [1.54, 1.807) is 22.8 Å². The van der Waals surface area contributed by atoms with Crippen molar-refractivity contribution in [3.63, 3.8) is 0 Å². The van der Waals surface area contributed by atoms with E-state index in [-0.39, 0.29) is 11.4 Å². The third kappa shape index (κ3) is 5.04. The third-order valence-corrected chi connectivity index (χ3v) is 5.91. The monoisotopic (exact) mass is 483 g/mol. The Labute approximate surface area is 197 Å². The lowest BCUT2D eigenvalue weighted by Crippen LogP contribution is -2.15. The molecule has 0 atom stereocenters. The fourth-order valence-corrected chi connectivity index (χ4v) is 4.39. The maximum Gasteiger partial charge on any atom is 0.416 e. The number of amides is 1. The number of hydrogen-bond donors (Lipinski definition) is 1. The van der Waals surface area contributed by atoms with Gasteiger partial charge in [0.05, 0.1) is 23.2 Å². The van der Waals surface area contributed by atoms with E-state index >= 15 is 0 Å². The molecule has 1 N–H and O–H groups in total. The van der Waals surface area contributed by atoms with Gasteiger partial charge in [0.1, 0.15) is 5.00 Å². The first-order valence-electron chi connectivity index (χ1n) is 10.2. The summed E-state index contributed by atoms with van der Waals surface area (Å²) < 4.78 is 46.6. The van der Waals surface area contributed by atoms with Crippen LogP contribution in [0, 0.1) is 6.92 Å². The van der Waals surface area contributed by atoms with E-state index in [0.717, 1.165) is 34.6 Å². The number of anilines is 1. The molecule has 2 aromatic heterocycles. The van der Waals surface area contributed by atoms with Gasteiger partial charge >= 0.3 is 6.18 Å². The van der Waals surface area contributed by atoms with Gasteiger partial charge < -0.3 is 14.3 Å². The van der Waals surface area contributed by atoms with Crippen LogP contribution in [0.4, 0.5) is 23.9 Å². The number of halogens is 3. The van der Waals surface area contributed by atoms with Crippen molar-refractivity contribution >= 4 is 27.9 Å². The first-order chi connectivity index (χ1) is 16.3. The van der Waals surface area contributed by atoms with Crippen LogP contribution in [0.1, 0.15) is 21.7 Å². The van der Waals surface area contributed by atoms with Gasteiger partial charge in [0.25, 0.3) is 5.91 Å². The molecule has 0 saturated carbocycles. The predicted molar refractivity (Wildman–Crippen MR) is 126 cm³/mol. The summed E-state index contributed by atoms with van der Waals surface area (Å²) in [6.07, 6.45) is -1.42. The molecule has 2 aromatic carbocycles. The van der Waals surface area contributed by atoms with E-state index in [4.69, 9.17) is 4.42 Å². The number of nitrogens with one attached hydrogen (secondary N) is 1. The van der Waals surface area contributed by atoms with Crippen LogP contribution in [0.15, 0.2) is 89.0 Å². The number of aromatic nitrogens is 1. The van der Waals surface area contributed by atoms with Gasteiger partial charge in [-0.05, 0) is 37.3 Å². The number of benzene rings is 2. The highest BCUT2D eigenvalue weighted by Gasteiger charge is 2.30. The number of alkyl halides is 3. The molecule has 5 nitrogen and oxygen atoms in total. The Hall–Kier alpha value is -3.85. The molecule has 0 aliphatic rings. The number of rotatable bonds is 6. The van der Waals surface area contributed by atoms with Gasteiger partial charge in [0, 0.05) is 12.1 Å². The lowest BCUT2D eigenvalue weighted by Gasteiger charge is -2.10. The molecule has 4 aromatic rings. The molecule has 9 heteroatoms. The zero-order valence-electron chi connectivity index (χ0n) is 18.1. The zero-order valence-corrected chi connectivity index (χ0v) is 18.9. The summed E-state index contributed by atoms with van der Waals surface area (Å²) in [5.41, 5.74) is 1.89. The van der Waals surface area contributed by atoms with Crippen molar-refractivity contribution in [3.8, 4) is 11.3 Å². The van der Waals surface area contributed by atoms with E-state index < -0.39 is 17.6 Å². The Bertz CT molecular complexity index is 1380. The van der Waals surface area contributed by atoms with Crippen molar-refractivity contribution in [1.29, 1.82) is 0 Å². The summed E-state index contributed by atoms with van der Waals surface area (Å²) in [7, 11) is 0. The van der Waals surface area contributed by atoms with Gasteiger partial charge in [0.2, 0.25) is 0 Å². The molecule has 4 rings (SSSR count). The minimum atomic E-state index is -4.48. The molecule has 0 spiro atoms. The quantitative estimate of drug-likeness (QED) is 0.306. The Morgan fingerprint density at radius 1 is 1.18 bits per heavy atom. The Morgan fingerprint density at radius 2 is 1.94 bits per heavy atom. The van der Waals surface area contributed by atoms with Crippen LogP contribution in [0.2, 0.25) is 0 Å². The van der Waals surface area contributed by atoms with E-state index in [1.165, 1.54) is 18.4 Å². The Balaban J connectivity index is 1.90. The number of carbonyl (C=O) groups is 1. The van der Waals surface area contributed by atoms with Crippen LogP contribution in [-0.4, -0.2) is 10.5 Å². The Kier molecular flexibility index (Phi) is 6.56. The van der Waals surface area contributed by atoms with Crippen LogP contribution in [0.5, 0.6) is 0 Å². The number of carbonyl (C=O) groups excluding carboxylic acids is 1. The summed E-state index contributed by atoms with van der Waals surface area (Å²) in [4.78, 5) is 17.6. The second-order valence-electron chi connectivity index (χ2n) is 7.42. The maximum atomic E-state index is 13.2. The molecule has 0 aliphatic heterocycles.